The average molecular weight is 183 g/mol. The fraction of sp³-hybridized carbons (Fsp3) is 0.778. The van der Waals surface area contributed by atoms with Gasteiger partial charge in [0.05, 0.1) is 18.5 Å². The number of nitrogens with two attached hydrogens (primary N) is 1. The summed E-state index contributed by atoms with van der Waals surface area (Å²) in [6.07, 6.45) is 1.97. The molecular weight excluding hydrogens is 166 g/mol. The molecule has 4 heteroatoms. The molecule has 1 atom stereocenters. The van der Waals surface area contributed by atoms with E-state index in [1.165, 1.54) is 4.90 Å². The van der Waals surface area contributed by atoms with E-state index in [0.717, 1.165) is 6.42 Å². The maximum Gasteiger partial charge on any atom is 0.239 e. The van der Waals surface area contributed by atoms with Gasteiger partial charge >= 0.3 is 0 Å². The fourth-order valence-corrected chi connectivity index (χ4v) is 1.05. The highest BCUT2D eigenvalue weighted by Crippen LogP contribution is 1.98. The van der Waals surface area contributed by atoms with Crippen molar-refractivity contribution in [3.63, 3.8) is 0 Å². The van der Waals surface area contributed by atoms with E-state index < -0.39 is 6.04 Å². The Labute approximate surface area is 79.3 Å². The van der Waals surface area contributed by atoms with Crippen molar-refractivity contribution in [1.82, 2.24) is 4.90 Å². The molecule has 0 bridgehead atoms. The zero-order chi connectivity index (χ0) is 10.3. The molecule has 0 saturated heterocycles. The van der Waals surface area contributed by atoms with E-state index in [1.54, 1.807) is 7.05 Å². The lowest BCUT2D eigenvalue weighted by molar-refractivity contribution is -0.131. The summed E-state index contributed by atoms with van der Waals surface area (Å²) in [5.41, 5.74) is 5.63. The van der Waals surface area contributed by atoms with E-state index in [4.69, 9.17) is 11.0 Å². The topological polar surface area (TPSA) is 70.1 Å². The van der Waals surface area contributed by atoms with Crippen molar-refractivity contribution in [2.45, 2.75) is 32.2 Å². The first-order valence-corrected chi connectivity index (χ1v) is 4.51. The number of amides is 1. The molecule has 4 nitrogen and oxygen atoms in total. The smallest absolute Gasteiger partial charge is 0.239 e. The van der Waals surface area contributed by atoms with Crippen molar-refractivity contribution < 1.29 is 4.79 Å². The first-order chi connectivity index (χ1) is 6.13. The fourth-order valence-electron chi connectivity index (χ4n) is 1.05. The molecule has 0 aromatic carbocycles. The SMILES string of the molecule is CCC[C@@H](N)C(=O)N(C)CCC#N. The molecule has 0 unspecified atom stereocenters. The van der Waals surface area contributed by atoms with Crippen LogP contribution in [0.5, 0.6) is 0 Å². The van der Waals surface area contributed by atoms with E-state index in [1.807, 2.05) is 13.0 Å². The number of carbonyl (C=O) groups excluding carboxylic acids is 1. The number of hydrogen-bond acceptors (Lipinski definition) is 3. The van der Waals surface area contributed by atoms with Crippen molar-refractivity contribution in [3.05, 3.63) is 0 Å². The minimum Gasteiger partial charge on any atom is -0.343 e. The first-order valence-electron chi connectivity index (χ1n) is 4.51. The second kappa shape index (κ2) is 6.44. The number of nitrogens with zero attached hydrogens (tertiary/aromatic N) is 2. The quantitative estimate of drug-likeness (QED) is 0.674. The van der Waals surface area contributed by atoms with E-state index in [-0.39, 0.29) is 5.91 Å². The number of rotatable bonds is 5. The summed E-state index contributed by atoms with van der Waals surface area (Å²) >= 11 is 0. The molecule has 0 rings (SSSR count). The van der Waals surface area contributed by atoms with Crippen LogP contribution in [0.1, 0.15) is 26.2 Å². The van der Waals surface area contributed by atoms with Gasteiger partial charge in [0.2, 0.25) is 5.91 Å². The summed E-state index contributed by atoms with van der Waals surface area (Å²) in [4.78, 5) is 12.9. The molecule has 0 aliphatic carbocycles. The second-order valence-corrected chi connectivity index (χ2v) is 3.06. The molecular formula is C9H17N3O. The van der Waals surface area contributed by atoms with Gasteiger partial charge in [0, 0.05) is 13.6 Å². The van der Waals surface area contributed by atoms with Crippen LogP contribution in [0.25, 0.3) is 0 Å². The van der Waals surface area contributed by atoms with Gasteiger partial charge in [-0.2, -0.15) is 5.26 Å². The predicted octanol–water partition coefficient (Wildman–Crippen LogP) is 0.486. The number of carbonyl (C=O) groups is 1. The van der Waals surface area contributed by atoms with Gasteiger partial charge in [-0.05, 0) is 6.42 Å². The van der Waals surface area contributed by atoms with Crippen molar-refractivity contribution >= 4 is 5.91 Å². The lowest BCUT2D eigenvalue weighted by Crippen LogP contribution is -2.41. The minimum atomic E-state index is -0.409. The first kappa shape index (κ1) is 11.9. The van der Waals surface area contributed by atoms with E-state index >= 15 is 0 Å². The Balaban J connectivity index is 3.88. The third kappa shape index (κ3) is 4.48. The highest BCUT2D eigenvalue weighted by Gasteiger charge is 2.16. The Hall–Kier alpha value is -1.08. The summed E-state index contributed by atoms with van der Waals surface area (Å²) in [6, 6.07) is 1.58. The largest absolute Gasteiger partial charge is 0.343 e. The van der Waals surface area contributed by atoms with E-state index in [9.17, 15) is 4.79 Å². The molecule has 0 aliphatic rings. The van der Waals surface area contributed by atoms with Crippen LogP contribution in [-0.4, -0.2) is 30.4 Å². The molecule has 0 radical (unpaired) electrons. The zero-order valence-corrected chi connectivity index (χ0v) is 8.29. The summed E-state index contributed by atoms with van der Waals surface area (Å²) in [6.45, 7) is 2.45. The van der Waals surface area contributed by atoms with Gasteiger partial charge in [-0.1, -0.05) is 13.3 Å². The Morgan fingerprint density at radius 3 is 2.77 bits per heavy atom. The highest BCUT2D eigenvalue weighted by molar-refractivity contribution is 5.81. The molecule has 13 heavy (non-hydrogen) atoms. The van der Waals surface area contributed by atoms with Gasteiger partial charge in [0.15, 0.2) is 0 Å². The molecule has 0 heterocycles. The predicted molar refractivity (Wildman–Crippen MR) is 50.8 cm³/mol. The van der Waals surface area contributed by atoms with Gasteiger partial charge in [0.25, 0.3) is 0 Å². The molecule has 0 aromatic rings. The lowest BCUT2D eigenvalue weighted by atomic mass is 10.1. The van der Waals surface area contributed by atoms with Crippen molar-refractivity contribution in [2.24, 2.45) is 5.73 Å². The van der Waals surface area contributed by atoms with Crippen LogP contribution in [0.4, 0.5) is 0 Å². The van der Waals surface area contributed by atoms with Crippen LogP contribution < -0.4 is 5.73 Å². The number of hydrogen-bond donors (Lipinski definition) is 1. The molecule has 0 aromatic heterocycles. The third-order valence-corrected chi connectivity index (χ3v) is 1.85. The molecule has 74 valence electrons. The van der Waals surface area contributed by atoms with Gasteiger partial charge in [-0.25, -0.2) is 0 Å². The summed E-state index contributed by atoms with van der Waals surface area (Å²) in [5.74, 6) is -0.0721. The maximum atomic E-state index is 11.4. The molecule has 0 saturated carbocycles. The van der Waals surface area contributed by atoms with Crippen molar-refractivity contribution in [3.8, 4) is 6.07 Å². The zero-order valence-electron chi connectivity index (χ0n) is 8.29. The van der Waals surface area contributed by atoms with Crippen LogP contribution >= 0.6 is 0 Å². The monoisotopic (exact) mass is 183 g/mol. The maximum absolute atomic E-state index is 11.4. The summed E-state index contributed by atoms with van der Waals surface area (Å²) < 4.78 is 0. The lowest BCUT2D eigenvalue weighted by Gasteiger charge is -2.19. The van der Waals surface area contributed by atoms with Crippen LogP contribution in [0.3, 0.4) is 0 Å². The summed E-state index contributed by atoms with van der Waals surface area (Å²) in [7, 11) is 1.68. The van der Waals surface area contributed by atoms with Crippen molar-refractivity contribution in [1.29, 1.82) is 5.26 Å². The van der Waals surface area contributed by atoms with Crippen LogP contribution in [0.2, 0.25) is 0 Å². The van der Waals surface area contributed by atoms with E-state index in [2.05, 4.69) is 0 Å². The Morgan fingerprint density at radius 2 is 2.31 bits per heavy atom. The van der Waals surface area contributed by atoms with Crippen LogP contribution in [-0.2, 0) is 4.79 Å². The Morgan fingerprint density at radius 1 is 1.69 bits per heavy atom. The van der Waals surface area contributed by atoms with Gasteiger partial charge in [0.1, 0.15) is 0 Å². The molecule has 1 amide bonds. The molecule has 2 N–H and O–H groups in total. The van der Waals surface area contributed by atoms with Crippen LogP contribution in [0, 0.1) is 11.3 Å². The number of likely N-dealkylation sites (N-methyl/N-ethyl adjacent to an activating group) is 1. The van der Waals surface area contributed by atoms with Gasteiger partial charge < -0.3 is 10.6 Å². The molecule has 0 spiro atoms. The van der Waals surface area contributed by atoms with Crippen LogP contribution in [0.15, 0.2) is 0 Å². The molecule has 0 aliphatic heterocycles. The van der Waals surface area contributed by atoms with E-state index in [0.29, 0.717) is 19.4 Å². The number of nitriles is 1. The second-order valence-electron chi connectivity index (χ2n) is 3.06. The average Bonchev–Trinajstić information content (AvgIpc) is 2.13. The Bertz CT molecular complexity index is 198. The highest BCUT2D eigenvalue weighted by atomic mass is 16.2. The Kier molecular flexibility index (Phi) is 5.90. The molecule has 0 fully saturated rings. The van der Waals surface area contributed by atoms with Crippen molar-refractivity contribution in [2.75, 3.05) is 13.6 Å². The third-order valence-electron chi connectivity index (χ3n) is 1.85. The summed E-state index contributed by atoms with van der Waals surface area (Å²) in [5, 5.41) is 8.32. The van der Waals surface area contributed by atoms with Gasteiger partial charge in [-0.3, -0.25) is 4.79 Å². The standard InChI is InChI=1S/C9H17N3O/c1-3-5-8(11)9(13)12(2)7-4-6-10/h8H,3-5,7,11H2,1-2H3/t8-/m1/s1. The normalized spacial score (nSPS) is 11.8. The minimum absolute atomic E-state index is 0.0721. The van der Waals surface area contributed by atoms with Gasteiger partial charge in [-0.15, -0.1) is 0 Å².